The van der Waals surface area contributed by atoms with Gasteiger partial charge in [0.2, 0.25) is 0 Å². The Morgan fingerprint density at radius 3 is 2.29 bits per heavy atom. The second-order valence-corrected chi connectivity index (χ2v) is 7.16. The molecule has 0 aliphatic rings. The van der Waals surface area contributed by atoms with Crippen molar-refractivity contribution in [3.63, 3.8) is 0 Å². The molecule has 0 bridgehead atoms. The summed E-state index contributed by atoms with van der Waals surface area (Å²) in [5.41, 5.74) is 6.44. The maximum Gasteiger partial charge on any atom is 0.170 e. The minimum absolute atomic E-state index is 0.151. The largest absolute Gasteiger partial charge is 0.293 e. The van der Waals surface area contributed by atoms with Crippen molar-refractivity contribution in [2.75, 3.05) is 6.16 Å². The molecule has 1 atom stereocenters. The average molecular weight is 340 g/mol. The molecule has 0 aromatic heterocycles. The van der Waals surface area contributed by atoms with Gasteiger partial charge in [0.15, 0.2) is 14.2 Å². The molecule has 3 heteroatoms. The van der Waals surface area contributed by atoms with Crippen molar-refractivity contribution in [3.05, 3.63) is 69.8 Å². The Morgan fingerprint density at radius 2 is 1.67 bits per heavy atom. The van der Waals surface area contributed by atoms with Crippen molar-refractivity contribution in [1.82, 2.24) is 0 Å². The molecule has 1 unspecified atom stereocenters. The van der Waals surface area contributed by atoms with E-state index in [1.165, 1.54) is 11.1 Å². The van der Waals surface area contributed by atoms with Crippen molar-refractivity contribution in [1.29, 1.82) is 0 Å². The van der Waals surface area contributed by atoms with Crippen molar-refractivity contribution >= 4 is 14.2 Å². The highest BCUT2D eigenvalue weighted by molar-refractivity contribution is 7.23. The van der Waals surface area contributed by atoms with E-state index in [-0.39, 0.29) is 20.2 Å². The number of carbonyl (C=O) groups is 1. The molecule has 0 saturated heterocycles. The smallest absolute Gasteiger partial charge is 0.170 e. The average Bonchev–Trinajstić information content (AvgIpc) is 2.57. The van der Waals surface area contributed by atoms with Gasteiger partial charge in [-0.1, -0.05) is 36.4 Å². The Bertz CT molecular complexity index is 735. The van der Waals surface area contributed by atoms with Crippen LogP contribution >= 0.6 is 8.46 Å². The summed E-state index contributed by atoms with van der Waals surface area (Å²) in [5, 5.41) is 0. The molecule has 0 fully saturated rings. The highest BCUT2D eigenvalue weighted by atomic mass is 31.1. The summed E-state index contributed by atoms with van der Waals surface area (Å²) in [5.74, 6) is 0.00863. The van der Waals surface area contributed by atoms with Gasteiger partial charge in [0, 0.05) is 17.6 Å². The summed E-state index contributed by atoms with van der Waals surface area (Å²) in [4.78, 5) is 13.4. The molecule has 0 saturated carbocycles. The number of carbonyl (C=O) groups excluding carboxylic acids is 1. The van der Waals surface area contributed by atoms with E-state index in [1.54, 1.807) is 0 Å². The zero-order valence-corrected chi connectivity index (χ0v) is 15.8. The van der Waals surface area contributed by atoms with Gasteiger partial charge in [0.25, 0.3) is 0 Å². The first-order valence-electron chi connectivity index (χ1n) is 8.43. The highest BCUT2D eigenvalue weighted by Gasteiger charge is 2.25. The van der Waals surface area contributed by atoms with Crippen molar-refractivity contribution < 1.29 is 9.36 Å². The molecule has 2 aromatic carbocycles. The van der Waals surface area contributed by atoms with Gasteiger partial charge < -0.3 is 0 Å². The minimum atomic E-state index is -0.174. The molecule has 24 heavy (non-hydrogen) atoms. The molecule has 0 heterocycles. The number of aryl methyl sites for hydroxylation is 2. The Morgan fingerprint density at radius 1 is 1.00 bits per heavy atom. The van der Waals surface area contributed by atoms with Crippen LogP contribution in [0.25, 0.3) is 0 Å². The van der Waals surface area contributed by atoms with Crippen LogP contribution in [0.15, 0.2) is 36.4 Å². The van der Waals surface area contributed by atoms with Gasteiger partial charge >= 0.3 is 0 Å². The number of benzene rings is 2. The van der Waals surface area contributed by atoms with E-state index in [1.807, 2.05) is 44.2 Å². The van der Waals surface area contributed by atoms with Crippen LogP contribution in [-0.2, 0) is 4.57 Å². The molecule has 0 N–H and O–H groups in total. The number of hydrogen-bond acceptors (Lipinski definition) is 2. The predicted octanol–water partition coefficient (Wildman–Crippen LogP) is 5.96. The van der Waals surface area contributed by atoms with Crippen LogP contribution in [0.2, 0.25) is 0 Å². The van der Waals surface area contributed by atoms with E-state index in [0.717, 1.165) is 35.1 Å². The van der Waals surface area contributed by atoms with Crippen LogP contribution < -0.4 is 0 Å². The molecule has 0 radical (unpaired) electrons. The maximum absolute atomic E-state index is 13.4. The molecule has 0 aliphatic carbocycles. The van der Waals surface area contributed by atoms with Gasteiger partial charge in [-0.15, -0.1) is 0 Å². The second-order valence-electron chi connectivity index (χ2n) is 6.46. The third kappa shape index (κ3) is 3.99. The molecule has 0 amide bonds. The normalized spacial score (nSPS) is 12.3. The van der Waals surface area contributed by atoms with E-state index in [2.05, 4.69) is 19.9 Å². The van der Waals surface area contributed by atoms with E-state index >= 15 is 0 Å². The minimum Gasteiger partial charge on any atom is -0.293 e. The van der Waals surface area contributed by atoms with Crippen LogP contribution in [0.4, 0.5) is 0 Å². The standard InChI is InChI=1S/C21H25O2P/c1-14-13-15(2)20(17(4)16(14)3)21(22)19(11-8-12-24-23)18-9-6-5-7-10-18/h5-7,9-10,13,19H,8,11-12H2,1-4H3. The van der Waals surface area contributed by atoms with Crippen LogP contribution in [0.5, 0.6) is 0 Å². The Hall–Kier alpha value is -1.79. The fraction of sp³-hybridized carbons (Fsp3) is 0.381. The number of Topliss-reactive ketones (excluding diaryl/α,β-unsaturated/α-hetero) is 1. The van der Waals surface area contributed by atoms with Crippen molar-refractivity contribution in [2.24, 2.45) is 0 Å². The summed E-state index contributed by atoms with van der Waals surface area (Å²) in [6.45, 7) is 8.23. The number of ketones is 1. The molecule has 2 rings (SSSR count). The lowest BCUT2D eigenvalue weighted by molar-refractivity contribution is 0.0953. The van der Waals surface area contributed by atoms with E-state index < -0.39 is 0 Å². The molecule has 0 aliphatic heterocycles. The van der Waals surface area contributed by atoms with Gasteiger partial charge in [0.1, 0.15) is 0 Å². The van der Waals surface area contributed by atoms with Gasteiger partial charge in [-0.25, -0.2) is 0 Å². The van der Waals surface area contributed by atoms with Gasteiger partial charge in [-0.3, -0.25) is 9.36 Å². The van der Waals surface area contributed by atoms with Crippen molar-refractivity contribution in [2.45, 2.75) is 46.5 Å². The predicted molar refractivity (Wildman–Crippen MR) is 101 cm³/mol. The Labute approximate surface area is 146 Å². The Balaban J connectivity index is 2.45. The van der Waals surface area contributed by atoms with Crippen LogP contribution in [-0.4, -0.2) is 11.9 Å². The van der Waals surface area contributed by atoms with Gasteiger partial charge in [-0.05, 0) is 68.4 Å². The van der Waals surface area contributed by atoms with Crippen molar-refractivity contribution in [3.8, 4) is 0 Å². The quantitative estimate of drug-likeness (QED) is 0.354. The monoisotopic (exact) mass is 340 g/mol. The van der Waals surface area contributed by atoms with Crippen LogP contribution in [0, 0.1) is 27.7 Å². The third-order valence-electron chi connectivity index (χ3n) is 4.86. The van der Waals surface area contributed by atoms with E-state index in [9.17, 15) is 9.36 Å². The fourth-order valence-electron chi connectivity index (χ4n) is 3.33. The maximum atomic E-state index is 13.4. The SMILES string of the molecule is Cc1cc(C)c(C(=O)C(CCCP=O)c2ccccc2)c(C)c1C. The van der Waals surface area contributed by atoms with Gasteiger partial charge in [0.05, 0.1) is 0 Å². The van der Waals surface area contributed by atoms with Crippen LogP contribution in [0.3, 0.4) is 0 Å². The first kappa shape index (κ1) is 18.5. The molecular weight excluding hydrogens is 315 g/mol. The highest BCUT2D eigenvalue weighted by Crippen LogP contribution is 2.31. The molecule has 2 aromatic rings. The number of hydrogen-bond donors (Lipinski definition) is 0. The van der Waals surface area contributed by atoms with Crippen LogP contribution in [0.1, 0.15) is 56.9 Å². The summed E-state index contributed by atoms with van der Waals surface area (Å²) in [6.07, 6.45) is 2.10. The molecular formula is C21H25O2P. The Kier molecular flexibility index (Phi) is 6.45. The number of rotatable bonds is 7. The lowest BCUT2D eigenvalue weighted by Gasteiger charge is -2.20. The fourth-order valence-corrected chi connectivity index (χ4v) is 3.64. The van der Waals surface area contributed by atoms with E-state index in [4.69, 9.17) is 0 Å². The first-order chi connectivity index (χ1) is 11.5. The lowest BCUT2D eigenvalue weighted by Crippen LogP contribution is -2.17. The lowest BCUT2D eigenvalue weighted by atomic mass is 9.82. The summed E-state index contributed by atoms with van der Waals surface area (Å²) < 4.78 is 10.8. The van der Waals surface area contributed by atoms with Gasteiger partial charge in [-0.2, -0.15) is 0 Å². The summed E-state index contributed by atoms with van der Waals surface area (Å²) in [7, 11) is 0.151. The molecule has 2 nitrogen and oxygen atoms in total. The second kappa shape index (κ2) is 8.35. The zero-order valence-electron chi connectivity index (χ0n) is 14.9. The third-order valence-corrected chi connectivity index (χ3v) is 5.36. The molecule has 0 spiro atoms. The first-order valence-corrected chi connectivity index (χ1v) is 9.42. The molecule has 126 valence electrons. The van der Waals surface area contributed by atoms with E-state index in [0.29, 0.717) is 6.16 Å². The topological polar surface area (TPSA) is 34.1 Å². The summed E-state index contributed by atoms with van der Waals surface area (Å²) >= 11 is 0. The zero-order chi connectivity index (χ0) is 17.7. The summed E-state index contributed by atoms with van der Waals surface area (Å²) in [6, 6.07) is 12.1.